The van der Waals surface area contributed by atoms with E-state index in [9.17, 15) is 0 Å². The first-order valence-electron chi connectivity index (χ1n) is 5.36. The van der Waals surface area contributed by atoms with E-state index in [1.165, 1.54) is 4.88 Å². The topological polar surface area (TPSA) is 51.4 Å². The average molecular weight is 225 g/mol. The van der Waals surface area contributed by atoms with Gasteiger partial charge in [0.05, 0.1) is 18.8 Å². The van der Waals surface area contributed by atoms with E-state index >= 15 is 0 Å². The second-order valence-electron chi connectivity index (χ2n) is 4.26. The summed E-state index contributed by atoms with van der Waals surface area (Å²) < 4.78 is 5.32. The Morgan fingerprint density at radius 3 is 2.80 bits per heavy atom. The van der Waals surface area contributed by atoms with Crippen molar-refractivity contribution in [2.24, 2.45) is 5.73 Å². The second-order valence-corrected chi connectivity index (χ2v) is 5.27. The molecule has 15 heavy (non-hydrogen) atoms. The van der Waals surface area contributed by atoms with Crippen molar-refractivity contribution in [2.45, 2.75) is 18.4 Å². The van der Waals surface area contributed by atoms with Gasteiger partial charge in [0.2, 0.25) is 0 Å². The lowest BCUT2D eigenvalue weighted by Crippen LogP contribution is -2.36. The maximum atomic E-state index is 6.14. The van der Waals surface area contributed by atoms with Crippen LogP contribution in [-0.4, -0.2) is 31.3 Å². The van der Waals surface area contributed by atoms with Gasteiger partial charge in [-0.1, -0.05) is 11.3 Å². The molecule has 0 atom stereocenters. The minimum Gasteiger partial charge on any atom is -0.378 e. The van der Waals surface area contributed by atoms with Crippen LogP contribution in [0.3, 0.4) is 0 Å². The summed E-state index contributed by atoms with van der Waals surface area (Å²) in [6, 6.07) is 0. The molecule has 1 saturated carbocycles. The van der Waals surface area contributed by atoms with Crippen molar-refractivity contribution in [3.63, 3.8) is 0 Å². The zero-order valence-corrected chi connectivity index (χ0v) is 9.42. The molecule has 0 bridgehead atoms. The summed E-state index contributed by atoms with van der Waals surface area (Å²) in [5, 5.41) is 1.10. The highest BCUT2D eigenvalue weighted by atomic mass is 32.1. The molecule has 0 spiro atoms. The number of morpholine rings is 1. The lowest BCUT2D eigenvalue weighted by molar-refractivity contribution is 0.122. The van der Waals surface area contributed by atoms with Crippen LogP contribution < -0.4 is 10.6 Å². The van der Waals surface area contributed by atoms with Crippen LogP contribution in [0.2, 0.25) is 0 Å². The first-order chi connectivity index (χ1) is 7.28. The van der Waals surface area contributed by atoms with Gasteiger partial charge in [-0.3, -0.25) is 0 Å². The fourth-order valence-corrected chi connectivity index (χ4v) is 2.90. The van der Waals surface area contributed by atoms with E-state index in [1.807, 2.05) is 6.20 Å². The monoisotopic (exact) mass is 225 g/mol. The third kappa shape index (κ3) is 1.75. The largest absolute Gasteiger partial charge is 0.378 e. The van der Waals surface area contributed by atoms with Gasteiger partial charge in [-0.05, 0) is 12.8 Å². The number of aromatic nitrogens is 1. The minimum atomic E-state index is -0.0395. The Kier molecular flexibility index (Phi) is 2.19. The van der Waals surface area contributed by atoms with Gasteiger partial charge in [0.25, 0.3) is 0 Å². The third-order valence-corrected chi connectivity index (χ3v) is 4.33. The lowest BCUT2D eigenvalue weighted by atomic mass is 10.3. The van der Waals surface area contributed by atoms with Crippen molar-refractivity contribution in [2.75, 3.05) is 31.2 Å². The summed E-state index contributed by atoms with van der Waals surface area (Å²) in [4.78, 5) is 7.98. The predicted molar refractivity (Wildman–Crippen MR) is 60.2 cm³/mol. The SMILES string of the molecule is NC1(c2cnc(N3CCOCC3)s2)CC1. The van der Waals surface area contributed by atoms with E-state index in [0.29, 0.717) is 0 Å². The highest BCUT2D eigenvalue weighted by Gasteiger charge is 2.42. The number of hydrogen-bond donors (Lipinski definition) is 1. The lowest BCUT2D eigenvalue weighted by Gasteiger charge is -2.26. The first-order valence-corrected chi connectivity index (χ1v) is 6.17. The molecule has 1 aliphatic heterocycles. The normalized spacial score (nSPS) is 24.2. The van der Waals surface area contributed by atoms with Gasteiger partial charge in [0, 0.05) is 24.2 Å². The smallest absolute Gasteiger partial charge is 0.185 e. The molecule has 1 aliphatic carbocycles. The van der Waals surface area contributed by atoms with Gasteiger partial charge in [0.15, 0.2) is 5.13 Å². The van der Waals surface area contributed by atoms with Crippen LogP contribution in [0.25, 0.3) is 0 Å². The van der Waals surface area contributed by atoms with Crippen LogP contribution in [0, 0.1) is 0 Å². The molecule has 0 aromatic carbocycles. The van der Waals surface area contributed by atoms with E-state index in [2.05, 4.69) is 9.88 Å². The van der Waals surface area contributed by atoms with Crippen LogP contribution in [0.4, 0.5) is 5.13 Å². The zero-order chi connectivity index (χ0) is 10.3. The van der Waals surface area contributed by atoms with Crippen molar-refractivity contribution in [1.82, 2.24) is 4.98 Å². The van der Waals surface area contributed by atoms with Crippen LogP contribution >= 0.6 is 11.3 Å². The van der Waals surface area contributed by atoms with E-state index in [0.717, 1.165) is 44.3 Å². The molecule has 2 aliphatic rings. The molecule has 2 N–H and O–H groups in total. The summed E-state index contributed by atoms with van der Waals surface area (Å²) in [6.07, 6.45) is 4.16. The molecule has 3 rings (SSSR count). The van der Waals surface area contributed by atoms with Crippen LogP contribution in [0.15, 0.2) is 6.20 Å². The fraction of sp³-hybridized carbons (Fsp3) is 0.700. The van der Waals surface area contributed by atoms with Gasteiger partial charge in [0.1, 0.15) is 0 Å². The van der Waals surface area contributed by atoms with E-state index in [4.69, 9.17) is 10.5 Å². The highest BCUT2D eigenvalue weighted by Crippen LogP contribution is 2.46. The predicted octanol–water partition coefficient (Wildman–Crippen LogP) is 0.927. The van der Waals surface area contributed by atoms with Gasteiger partial charge in [-0.15, -0.1) is 0 Å². The first kappa shape index (κ1) is 9.57. The number of nitrogens with two attached hydrogens (primary N) is 1. The molecular formula is C10H15N3OS. The number of thiazole rings is 1. The van der Waals surface area contributed by atoms with Crippen molar-refractivity contribution in [1.29, 1.82) is 0 Å². The number of hydrogen-bond acceptors (Lipinski definition) is 5. The number of ether oxygens (including phenoxy) is 1. The molecule has 0 radical (unpaired) electrons. The maximum absolute atomic E-state index is 6.14. The van der Waals surface area contributed by atoms with E-state index < -0.39 is 0 Å². The van der Waals surface area contributed by atoms with Crippen LogP contribution in [-0.2, 0) is 10.3 Å². The molecule has 0 unspecified atom stereocenters. The molecule has 2 fully saturated rings. The molecule has 2 heterocycles. The molecule has 4 nitrogen and oxygen atoms in total. The van der Waals surface area contributed by atoms with Crippen molar-refractivity contribution in [3.8, 4) is 0 Å². The average Bonchev–Trinajstić information content (AvgIpc) is 2.85. The van der Waals surface area contributed by atoms with Gasteiger partial charge >= 0.3 is 0 Å². The Morgan fingerprint density at radius 2 is 2.13 bits per heavy atom. The quantitative estimate of drug-likeness (QED) is 0.813. The molecule has 0 amide bonds. The minimum absolute atomic E-state index is 0.0395. The standard InChI is InChI=1S/C10H15N3OS/c11-10(1-2-10)8-7-12-9(15-8)13-3-5-14-6-4-13/h7H,1-6,11H2. The van der Waals surface area contributed by atoms with Crippen LogP contribution in [0.5, 0.6) is 0 Å². The number of nitrogens with zero attached hydrogens (tertiary/aromatic N) is 2. The number of rotatable bonds is 2. The van der Waals surface area contributed by atoms with E-state index in [1.54, 1.807) is 11.3 Å². The van der Waals surface area contributed by atoms with E-state index in [-0.39, 0.29) is 5.54 Å². The fourth-order valence-electron chi connectivity index (χ4n) is 1.78. The zero-order valence-electron chi connectivity index (χ0n) is 8.61. The summed E-state index contributed by atoms with van der Waals surface area (Å²) in [6.45, 7) is 3.51. The van der Waals surface area contributed by atoms with Crippen molar-refractivity contribution >= 4 is 16.5 Å². The summed E-state index contributed by atoms with van der Waals surface area (Å²) >= 11 is 1.74. The summed E-state index contributed by atoms with van der Waals surface area (Å²) in [5.41, 5.74) is 6.10. The molecule has 1 saturated heterocycles. The third-order valence-electron chi connectivity index (χ3n) is 3.05. The Hall–Kier alpha value is -0.650. The Morgan fingerprint density at radius 1 is 1.40 bits per heavy atom. The maximum Gasteiger partial charge on any atom is 0.185 e. The highest BCUT2D eigenvalue weighted by molar-refractivity contribution is 7.15. The second kappa shape index (κ2) is 3.43. The molecule has 1 aromatic rings. The summed E-state index contributed by atoms with van der Waals surface area (Å²) in [5.74, 6) is 0. The van der Waals surface area contributed by atoms with Gasteiger partial charge in [-0.2, -0.15) is 0 Å². The molecule has 82 valence electrons. The Labute approximate surface area is 93.0 Å². The number of anilines is 1. The summed E-state index contributed by atoms with van der Waals surface area (Å²) in [7, 11) is 0. The Balaban J connectivity index is 1.77. The van der Waals surface area contributed by atoms with Crippen LogP contribution in [0.1, 0.15) is 17.7 Å². The van der Waals surface area contributed by atoms with Gasteiger partial charge in [-0.25, -0.2) is 4.98 Å². The Bertz CT molecular complexity index is 355. The van der Waals surface area contributed by atoms with Gasteiger partial charge < -0.3 is 15.4 Å². The molecule has 5 heteroatoms. The molecule has 1 aromatic heterocycles. The van der Waals surface area contributed by atoms with Crippen molar-refractivity contribution < 1.29 is 4.74 Å². The van der Waals surface area contributed by atoms with Crippen molar-refractivity contribution in [3.05, 3.63) is 11.1 Å². The molecular weight excluding hydrogens is 210 g/mol.